The Labute approximate surface area is 138 Å². The third-order valence-corrected chi connectivity index (χ3v) is 3.53. The Hall–Kier alpha value is -3.52. The number of carbonyl (C=O) groups excluding carboxylic acids is 1. The van der Waals surface area contributed by atoms with Gasteiger partial charge in [0.1, 0.15) is 5.82 Å². The van der Waals surface area contributed by atoms with Gasteiger partial charge in [0.15, 0.2) is 5.78 Å². The highest BCUT2D eigenvalue weighted by Gasteiger charge is 2.15. The van der Waals surface area contributed by atoms with Crippen molar-refractivity contribution in [3.8, 4) is 11.3 Å². The average molecular weight is 315 g/mol. The maximum Gasteiger partial charge on any atom is 0.276 e. The SMILES string of the molecule is [C-]#[N+]c1c(-c2ccccc2)nc(CC(=O)c2ccccc2)[nH]c1=O. The van der Waals surface area contributed by atoms with Crippen LogP contribution in [0, 0.1) is 6.57 Å². The van der Waals surface area contributed by atoms with Crippen molar-refractivity contribution in [1.82, 2.24) is 9.97 Å². The number of ketones is 1. The highest BCUT2D eigenvalue weighted by molar-refractivity contribution is 5.97. The molecule has 5 heteroatoms. The number of nitrogens with zero attached hydrogens (tertiary/aromatic N) is 2. The summed E-state index contributed by atoms with van der Waals surface area (Å²) in [5.74, 6) is 0.105. The molecule has 0 fully saturated rings. The van der Waals surface area contributed by atoms with E-state index in [1.807, 2.05) is 12.1 Å². The molecule has 3 aromatic rings. The van der Waals surface area contributed by atoms with Gasteiger partial charge in [0, 0.05) is 5.56 Å². The summed E-state index contributed by atoms with van der Waals surface area (Å²) in [6.07, 6.45) is -0.0304. The molecule has 0 aliphatic rings. The van der Waals surface area contributed by atoms with E-state index < -0.39 is 5.56 Å². The summed E-state index contributed by atoms with van der Waals surface area (Å²) in [7, 11) is 0. The van der Waals surface area contributed by atoms with Gasteiger partial charge in [-0.3, -0.25) is 9.59 Å². The lowest BCUT2D eigenvalue weighted by Gasteiger charge is -2.07. The molecule has 3 rings (SSSR count). The Morgan fingerprint density at radius 2 is 1.67 bits per heavy atom. The molecule has 0 unspecified atom stereocenters. The fraction of sp³-hybridized carbons (Fsp3) is 0.0526. The van der Waals surface area contributed by atoms with Crippen LogP contribution in [-0.2, 0) is 6.42 Å². The second-order valence-electron chi connectivity index (χ2n) is 5.15. The lowest BCUT2D eigenvalue weighted by atomic mass is 10.1. The predicted molar refractivity (Wildman–Crippen MR) is 91.0 cm³/mol. The zero-order chi connectivity index (χ0) is 16.9. The number of aromatic nitrogens is 2. The van der Waals surface area contributed by atoms with Gasteiger partial charge in [-0.1, -0.05) is 60.7 Å². The average Bonchev–Trinajstić information content (AvgIpc) is 2.62. The van der Waals surface area contributed by atoms with Gasteiger partial charge >= 0.3 is 0 Å². The summed E-state index contributed by atoms with van der Waals surface area (Å²) in [4.78, 5) is 34.6. The Morgan fingerprint density at radius 1 is 1.04 bits per heavy atom. The molecule has 0 aliphatic heterocycles. The number of benzene rings is 2. The van der Waals surface area contributed by atoms with Crippen LogP contribution in [0.5, 0.6) is 0 Å². The number of hydrogen-bond donors (Lipinski definition) is 1. The monoisotopic (exact) mass is 315 g/mol. The standard InChI is InChI=1S/C19H13N3O2/c1-20-18-17(14-10-6-3-7-11-14)21-16(22-19(18)24)12-15(23)13-8-4-2-5-9-13/h2-11H,12H2,(H,21,22,24). The van der Waals surface area contributed by atoms with Gasteiger partial charge in [-0.15, -0.1) is 0 Å². The van der Waals surface area contributed by atoms with Gasteiger partial charge in [0.2, 0.25) is 0 Å². The summed E-state index contributed by atoms with van der Waals surface area (Å²) in [5, 5.41) is 0. The van der Waals surface area contributed by atoms with E-state index in [2.05, 4.69) is 14.8 Å². The molecule has 1 N–H and O–H groups in total. The number of carbonyl (C=O) groups is 1. The molecule has 0 bridgehead atoms. The number of H-pyrrole nitrogens is 1. The first-order valence-electron chi connectivity index (χ1n) is 7.33. The van der Waals surface area contributed by atoms with Gasteiger partial charge in [-0.05, 0) is 5.56 Å². The van der Waals surface area contributed by atoms with E-state index in [1.165, 1.54) is 0 Å². The zero-order valence-electron chi connectivity index (χ0n) is 12.7. The molecule has 1 aromatic heterocycles. The molecular formula is C19H13N3O2. The second-order valence-corrected chi connectivity index (χ2v) is 5.15. The Morgan fingerprint density at radius 3 is 2.29 bits per heavy atom. The van der Waals surface area contributed by atoms with Crippen LogP contribution in [0.25, 0.3) is 16.1 Å². The molecule has 0 saturated carbocycles. The Balaban J connectivity index is 2.02. The van der Waals surface area contributed by atoms with E-state index in [-0.39, 0.29) is 23.7 Å². The minimum absolute atomic E-state index is 0.0304. The third-order valence-electron chi connectivity index (χ3n) is 3.53. The number of nitrogens with one attached hydrogen (secondary N) is 1. The van der Waals surface area contributed by atoms with Crippen LogP contribution in [0.4, 0.5) is 5.69 Å². The summed E-state index contributed by atoms with van der Waals surface area (Å²) in [6.45, 7) is 7.22. The zero-order valence-corrected chi connectivity index (χ0v) is 12.7. The van der Waals surface area contributed by atoms with Crippen molar-refractivity contribution in [2.45, 2.75) is 6.42 Å². The van der Waals surface area contributed by atoms with Crippen LogP contribution in [0.3, 0.4) is 0 Å². The van der Waals surface area contributed by atoms with E-state index in [1.54, 1.807) is 48.5 Å². The van der Waals surface area contributed by atoms with Crippen LogP contribution in [0.2, 0.25) is 0 Å². The number of Topliss-reactive ketones (excluding diaryl/α,β-unsaturated/α-hetero) is 1. The van der Waals surface area contributed by atoms with Crippen molar-refractivity contribution in [3.05, 3.63) is 93.8 Å². The van der Waals surface area contributed by atoms with E-state index in [0.717, 1.165) is 0 Å². The fourth-order valence-corrected chi connectivity index (χ4v) is 2.38. The maximum absolute atomic E-state index is 12.3. The lowest BCUT2D eigenvalue weighted by Crippen LogP contribution is -2.15. The fourth-order valence-electron chi connectivity index (χ4n) is 2.38. The molecule has 1 heterocycles. The first-order chi connectivity index (χ1) is 11.7. The van der Waals surface area contributed by atoms with Crippen LogP contribution >= 0.6 is 0 Å². The van der Waals surface area contributed by atoms with Gasteiger partial charge in [-0.2, -0.15) is 0 Å². The van der Waals surface area contributed by atoms with Gasteiger partial charge in [0.25, 0.3) is 11.2 Å². The molecule has 0 radical (unpaired) electrons. The first-order valence-corrected chi connectivity index (χ1v) is 7.33. The van der Waals surface area contributed by atoms with E-state index >= 15 is 0 Å². The quantitative estimate of drug-likeness (QED) is 0.592. The molecule has 0 saturated heterocycles. The molecular weight excluding hydrogens is 302 g/mol. The minimum atomic E-state index is -0.533. The molecule has 5 nitrogen and oxygen atoms in total. The van der Waals surface area contributed by atoms with E-state index in [9.17, 15) is 9.59 Å². The molecule has 0 amide bonds. The third kappa shape index (κ3) is 3.13. The molecule has 116 valence electrons. The van der Waals surface area contributed by atoms with Crippen LogP contribution < -0.4 is 5.56 Å². The Bertz CT molecular complexity index is 971. The largest absolute Gasteiger partial charge is 0.319 e. The number of rotatable bonds is 4. The van der Waals surface area contributed by atoms with Crippen LogP contribution in [-0.4, -0.2) is 15.8 Å². The lowest BCUT2D eigenvalue weighted by molar-refractivity contribution is 0.0991. The van der Waals surface area contributed by atoms with Gasteiger partial charge < -0.3 is 4.98 Å². The van der Waals surface area contributed by atoms with Crippen molar-refractivity contribution >= 4 is 11.5 Å². The first kappa shape index (κ1) is 15.4. The second kappa shape index (κ2) is 6.71. The molecule has 2 aromatic carbocycles. The highest BCUT2D eigenvalue weighted by Crippen LogP contribution is 2.24. The molecule has 0 aliphatic carbocycles. The summed E-state index contributed by atoms with van der Waals surface area (Å²) >= 11 is 0. The smallest absolute Gasteiger partial charge is 0.276 e. The summed E-state index contributed by atoms with van der Waals surface area (Å²) in [5.41, 5.74) is 0.913. The normalized spacial score (nSPS) is 10.1. The molecule has 0 atom stereocenters. The highest BCUT2D eigenvalue weighted by atomic mass is 16.1. The van der Waals surface area contributed by atoms with Gasteiger partial charge in [0.05, 0.1) is 18.7 Å². The molecule has 24 heavy (non-hydrogen) atoms. The van der Waals surface area contributed by atoms with Crippen molar-refractivity contribution in [2.75, 3.05) is 0 Å². The van der Waals surface area contributed by atoms with E-state index in [4.69, 9.17) is 6.57 Å². The van der Waals surface area contributed by atoms with Crippen molar-refractivity contribution < 1.29 is 4.79 Å². The number of aromatic amines is 1. The molecule has 0 spiro atoms. The predicted octanol–water partition coefficient (Wildman–Crippen LogP) is 3.41. The minimum Gasteiger partial charge on any atom is -0.319 e. The van der Waals surface area contributed by atoms with E-state index in [0.29, 0.717) is 16.8 Å². The van der Waals surface area contributed by atoms with Crippen LogP contribution in [0.15, 0.2) is 65.5 Å². The van der Waals surface area contributed by atoms with Gasteiger partial charge in [-0.25, -0.2) is 9.83 Å². The summed E-state index contributed by atoms with van der Waals surface area (Å²) in [6, 6.07) is 17.8. The Kier molecular flexibility index (Phi) is 4.30. The van der Waals surface area contributed by atoms with Crippen molar-refractivity contribution in [1.29, 1.82) is 0 Å². The van der Waals surface area contributed by atoms with Crippen molar-refractivity contribution in [3.63, 3.8) is 0 Å². The topological polar surface area (TPSA) is 67.2 Å². The van der Waals surface area contributed by atoms with Crippen LogP contribution in [0.1, 0.15) is 16.2 Å². The number of hydrogen-bond acceptors (Lipinski definition) is 3. The van der Waals surface area contributed by atoms with Crippen molar-refractivity contribution in [2.24, 2.45) is 0 Å². The summed E-state index contributed by atoms with van der Waals surface area (Å²) < 4.78 is 0. The maximum atomic E-state index is 12.3.